The monoisotopic (exact) mass is 503 g/mol. The number of hydrogen-bond acceptors (Lipinski definition) is 4. The zero-order chi connectivity index (χ0) is 24.1. The van der Waals surface area contributed by atoms with Crippen molar-refractivity contribution in [3.8, 4) is 5.75 Å². The maximum absolute atomic E-state index is 13.4. The van der Waals surface area contributed by atoms with E-state index in [1.165, 1.54) is 12.1 Å². The van der Waals surface area contributed by atoms with E-state index >= 15 is 0 Å². The second kappa shape index (κ2) is 11.0. The second-order valence-electron chi connectivity index (χ2n) is 8.39. The fraction of sp³-hybridized carbons (Fsp3) is 0.320. The predicted octanol–water partition coefficient (Wildman–Crippen LogP) is 5.16. The maximum atomic E-state index is 13.4. The Kier molecular flexibility index (Phi) is 7.85. The van der Waals surface area contributed by atoms with E-state index in [1.807, 2.05) is 12.1 Å². The molecule has 0 spiro atoms. The van der Waals surface area contributed by atoms with Crippen molar-refractivity contribution in [1.82, 2.24) is 15.6 Å². The van der Waals surface area contributed by atoms with E-state index in [0.29, 0.717) is 23.2 Å². The van der Waals surface area contributed by atoms with Gasteiger partial charge in [-0.3, -0.25) is 9.59 Å². The molecule has 1 heterocycles. The Hall–Kier alpha value is -2.90. The number of hydrogen-bond donors (Lipinski definition) is 2. The number of benzene rings is 2. The molecule has 1 saturated carbocycles. The molecule has 1 aliphatic carbocycles. The quantitative estimate of drug-likeness (QED) is 0.466. The van der Waals surface area contributed by atoms with E-state index < -0.39 is 5.82 Å². The van der Waals surface area contributed by atoms with Gasteiger partial charge in [-0.25, -0.2) is 9.37 Å². The third-order valence-corrected chi connectivity index (χ3v) is 6.46. The van der Waals surface area contributed by atoms with Crippen molar-refractivity contribution >= 4 is 45.9 Å². The number of ether oxygens (including phenoxy) is 1. The number of pyridine rings is 1. The van der Waals surface area contributed by atoms with Crippen molar-refractivity contribution in [1.29, 1.82) is 0 Å². The van der Waals surface area contributed by atoms with Crippen LogP contribution in [0.3, 0.4) is 0 Å². The molecule has 0 atom stereocenters. The minimum Gasteiger partial charge on any atom is -0.484 e. The summed E-state index contributed by atoms with van der Waals surface area (Å²) in [5.74, 6) is -0.477. The van der Waals surface area contributed by atoms with Crippen molar-refractivity contribution < 1.29 is 18.7 Å². The van der Waals surface area contributed by atoms with E-state index in [4.69, 9.17) is 27.9 Å². The highest BCUT2D eigenvalue weighted by Gasteiger charge is 2.23. The third kappa shape index (κ3) is 6.36. The number of halogens is 3. The molecule has 0 radical (unpaired) electrons. The minimum atomic E-state index is -0.593. The minimum absolute atomic E-state index is 0.00230. The molecule has 2 amide bonds. The first-order valence-corrected chi connectivity index (χ1v) is 11.8. The van der Waals surface area contributed by atoms with E-state index in [1.54, 1.807) is 18.2 Å². The first-order chi connectivity index (χ1) is 16.4. The molecule has 0 bridgehead atoms. The van der Waals surface area contributed by atoms with Crippen molar-refractivity contribution in [2.24, 2.45) is 5.92 Å². The molecule has 1 aromatic heterocycles. The molecule has 3 aromatic rings. The number of amides is 2. The number of aromatic nitrogens is 1. The van der Waals surface area contributed by atoms with Crippen LogP contribution in [0.25, 0.3) is 10.9 Å². The first kappa shape index (κ1) is 24.2. The van der Waals surface area contributed by atoms with Crippen LogP contribution in [0.5, 0.6) is 5.75 Å². The molecule has 2 N–H and O–H groups in total. The largest absolute Gasteiger partial charge is 0.484 e. The van der Waals surface area contributed by atoms with Crippen LogP contribution in [0.2, 0.25) is 10.0 Å². The zero-order valence-electron chi connectivity index (χ0n) is 18.3. The average molecular weight is 504 g/mol. The molecule has 0 aliphatic heterocycles. The Morgan fingerprint density at radius 1 is 1.03 bits per heavy atom. The SMILES string of the molecule is O=C(COc1ccc(Cl)c(F)c1)NCC1CCC(NC(=O)c2ccc3cc(Cl)ccc3n2)CC1. The molecule has 178 valence electrons. The summed E-state index contributed by atoms with van der Waals surface area (Å²) in [6, 6.07) is 13.0. The van der Waals surface area contributed by atoms with E-state index in [0.717, 1.165) is 42.7 Å². The van der Waals surface area contributed by atoms with Gasteiger partial charge >= 0.3 is 0 Å². The fourth-order valence-corrected chi connectivity index (χ4v) is 4.32. The Bertz CT molecular complexity index is 1200. The predicted molar refractivity (Wildman–Crippen MR) is 130 cm³/mol. The number of carbonyl (C=O) groups is 2. The lowest BCUT2D eigenvalue weighted by Gasteiger charge is -2.29. The Morgan fingerprint density at radius 3 is 2.59 bits per heavy atom. The van der Waals surface area contributed by atoms with Crippen LogP contribution < -0.4 is 15.4 Å². The van der Waals surface area contributed by atoms with Crippen molar-refractivity contribution in [3.63, 3.8) is 0 Å². The second-order valence-corrected chi connectivity index (χ2v) is 9.24. The summed E-state index contributed by atoms with van der Waals surface area (Å²) in [6.45, 7) is 0.337. The van der Waals surface area contributed by atoms with Crippen LogP contribution in [0.15, 0.2) is 48.5 Å². The molecule has 4 rings (SSSR count). The summed E-state index contributed by atoms with van der Waals surface area (Å²) in [4.78, 5) is 29.1. The Labute approximate surface area is 206 Å². The molecule has 2 aromatic carbocycles. The van der Waals surface area contributed by atoms with Crippen LogP contribution in [0, 0.1) is 11.7 Å². The van der Waals surface area contributed by atoms with Crippen LogP contribution in [-0.2, 0) is 4.79 Å². The van der Waals surface area contributed by atoms with Gasteiger partial charge in [-0.15, -0.1) is 0 Å². The van der Waals surface area contributed by atoms with Gasteiger partial charge in [0.1, 0.15) is 17.3 Å². The number of nitrogens with one attached hydrogen (secondary N) is 2. The van der Waals surface area contributed by atoms with Crippen molar-refractivity contribution in [2.75, 3.05) is 13.2 Å². The molecule has 1 fully saturated rings. The van der Waals surface area contributed by atoms with Gasteiger partial charge in [-0.05, 0) is 68.0 Å². The highest BCUT2D eigenvalue weighted by Crippen LogP contribution is 2.25. The van der Waals surface area contributed by atoms with E-state index in [2.05, 4.69) is 15.6 Å². The average Bonchev–Trinajstić information content (AvgIpc) is 2.84. The van der Waals surface area contributed by atoms with Crippen LogP contribution in [0.4, 0.5) is 4.39 Å². The normalized spacial score (nSPS) is 17.9. The van der Waals surface area contributed by atoms with Gasteiger partial charge in [0.2, 0.25) is 0 Å². The molecule has 9 heteroatoms. The number of rotatable bonds is 7. The lowest BCUT2D eigenvalue weighted by molar-refractivity contribution is -0.123. The van der Waals surface area contributed by atoms with Gasteiger partial charge in [0, 0.05) is 29.1 Å². The molecule has 0 unspecified atom stereocenters. The number of fused-ring (bicyclic) bond motifs is 1. The van der Waals surface area contributed by atoms with Gasteiger partial charge in [-0.1, -0.05) is 29.3 Å². The van der Waals surface area contributed by atoms with Gasteiger partial charge in [-0.2, -0.15) is 0 Å². The molecular formula is C25H24Cl2FN3O3. The van der Waals surface area contributed by atoms with Crippen LogP contribution in [0.1, 0.15) is 36.2 Å². The third-order valence-electron chi connectivity index (χ3n) is 5.91. The summed E-state index contributed by atoms with van der Waals surface area (Å²) in [6.07, 6.45) is 3.43. The van der Waals surface area contributed by atoms with Gasteiger partial charge < -0.3 is 15.4 Å². The lowest BCUT2D eigenvalue weighted by atomic mass is 9.86. The molecule has 34 heavy (non-hydrogen) atoms. The summed E-state index contributed by atoms with van der Waals surface area (Å²) in [7, 11) is 0. The number of carbonyl (C=O) groups excluding carboxylic acids is 2. The van der Waals surface area contributed by atoms with Crippen molar-refractivity contribution in [2.45, 2.75) is 31.7 Å². The lowest BCUT2D eigenvalue weighted by Crippen LogP contribution is -2.40. The van der Waals surface area contributed by atoms with Gasteiger partial charge in [0.15, 0.2) is 6.61 Å². The van der Waals surface area contributed by atoms with Gasteiger partial charge in [0.25, 0.3) is 11.8 Å². The Balaban J connectivity index is 1.18. The molecule has 1 aliphatic rings. The molecular weight excluding hydrogens is 480 g/mol. The topological polar surface area (TPSA) is 80.3 Å². The van der Waals surface area contributed by atoms with Gasteiger partial charge in [0.05, 0.1) is 10.5 Å². The van der Waals surface area contributed by atoms with Crippen LogP contribution >= 0.6 is 23.2 Å². The van der Waals surface area contributed by atoms with Crippen LogP contribution in [-0.4, -0.2) is 36.0 Å². The molecule has 0 saturated heterocycles. The first-order valence-electron chi connectivity index (χ1n) is 11.1. The van der Waals surface area contributed by atoms with E-state index in [9.17, 15) is 14.0 Å². The standard InChI is InChI=1S/C25H24Cl2FN3O3/c26-17-4-10-22-16(11-17)3-9-23(31-22)25(33)30-18-5-1-15(2-6-18)13-29-24(32)14-34-19-7-8-20(27)21(28)12-19/h3-4,7-12,15,18H,1-2,5-6,13-14H2,(H,29,32)(H,30,33). The van der Waals surface area contributed by atoms with E-state index in [-0.39, 0.29) is 35.2 Å². The number of nitrogens with zero attached hydrogens (tertiary/aromatic N) is 1. The Morgan fingerprint density at radius 2 is 1.82 bits per heavy atom. The smallest absolute Gasteiger partial charge is 0.270 e. The maximum Gasteiger partial charge on any atom is 0.270 e. The summed E-state index contributed by atoms with van der Waals surface area (Å²) < 4.78 is 18.7. The fourth-order valence-electron chi connectivity index (χ4n) is 4.02. The molecule has 6 nitrogen and oxygen atoms in total. The summed E-state index contributed by atoms with van der Waals surface area (Å²) >= 11 is 11.6. The van der Waals surface area contributed by atoms with Crippen molar-refractivity contribution in [3.05, 3.63) is 70.1 Å². The highest BCUT2D eigenvalue weighted by atomic mass is 35.5. The summed E-state index contributed by atoms with van der Waals surface area (Å²) in [5, 5.41) is 7.45. The highest BCUT2D eigenvalue weighted by molar-refractivity contribution is 6.31. The zero-order valence-corrected chi connectivity index (χ0v) is 19.8. The summed E-state index contributed by atoms with van der Waals surface area (Å²) in [5.41, 5.74) is 1.10.